The molecule has 0 saturated carbocycles. The Hall–Kier alpha value is 0.360. The fraction of sp³-hybridized carbons (Fsp3) is 0.714. The Morgan fingerprint density at radius 3 is 2.72 bits per heavy atom. The number of nitrogens with one attached hydrogen (secondary N) is 1. The standard InChI is InChI=1S/C14H23NS3/c1-4-11-14(18-9-8-16-11)12(15-5-2)13-10(3)6-7-17-13/h6-7,11-12,14-15H,4-5,8-9H2,1-3H3. The van der Waals surface area contributed by atoms with Crippen molar-refractivity contribution in [1.29, 1.82) is 0 Å². The van der Waals surface area contributed by atoms with Crippen LogP contribution in [0, 0.1) is 6.92 Å². The maximum atomic E-state index is 3.74. The van der Waals surface area contributed by atoms with Gasteiger partial charge in [-0.05, 0) is 36.9 Å². The molecule has 3 atom stereocenters. The largest absolute Gasteiger partial charge is 0.309 e. The van der Waals surface area contributed by atoms with E-state index in [-0.39, 0.29) is 0 Å². The molecule has 1 saturated heterocycles. The number of hydrogen-bond acceptors (Lipinski definition) is 4. The SMILES string of the molecule is CCNC(c1sccc1C)C1SCCSC1CC. The highest BCUT2D eigenvalue weighted by Gasteiger charge is 2.33. The van der Waals surface area contributed by atoms with Gasteiger partial charge in [0.2, 0.25) is 0 Å². The van der Waals surface area contributed by atoms with Crippen molar-refractivity contribution in [2.75, 3.05) is 18.1 Å². The molecule has 1 aliphatic rings. The van der Waals surface area contributed by atoms with E-state index < -0.39 is 0 Å². The monoisotopic (exact) mass is 301 g/mol. The highest BCUT2D eigenvalue weighted by molar-refractivity contribution is 8.07. The Labute approximate surface area is 124 Å². The molecule has 2 rings (SSSR count). The third kappa shape index (κ3) is 3.27. The van der Waals surface area contributed by atoms with E-state index in [0.717, 1.165) is 17.0 Å². The maximum Gasteiger partial charge on any atom is 0.0548 e. The van der Waals surface area contributed by atoms with E-state index in [0.29, 0.717) is 6.04 Å². The Morgan fingerprint density at radius 2 is 2.11 bits per heavy atom. The summed E-state index contributed by atoms with van der Waals surface area (Å²) in [6.07, 6.45) is 1.29. The third-order valence-corrected chi connectivity index (χ3v) is 7.88. The quantitative estimate of drug-likeness (QED) is 0.869. The summed E-state index contributed by atoms with van der Waals surface area (Å²) in [6.45, 7) is 7.86. The van der Waals surface area contributed by atoms with Gasteiger partial charge in [-0.15, -0.1) is 11.3 Å². The molecule has 0 spiro atoms. The lowest BCUT2D eigenvalue weighted by molar-refractivity contribution is 0.518. The first-order valence-corrected chi connectivity index (χ1v) is 9.76. The second-order valence-corrected chi connectivity index (χ2v) is 8.24. The summed E-state index contributed by atoms with van der Waals surface area (Å²) in [6, 6.07) is 2.80. The molecule has 4 heteroatoms. The van der Waals surface area contributed by atoms with Crippen molar-refractivity contribution in [3.05, 3.63) is 21.9 Å². The topological polar surface area (TPSA) is 12.0 Å². The molecule has 1 aliphatic heterocycles. The number of rotatable bonds is 5. The van der Waals surface area contributed by atoms with E-state index in [9.17, 15) is 0 Å². The molecule has 0 radical (unpaired) electrons. The van der Waals surface area contributed by atoms with E-state index in [2.05, 4.69) is 61.1 Å². The van der Waals surface area contributed by atoms with Crippen molar-refractivity contribution in [3.63, 3.8) is 0 Å². The van der Waals surface area contributed by atoms with Crippen LogP contribution in [0.4, 0.5) is 0 Å². The zero-order valence-corrected chi connectivity index (χ0v) is 13.9. The zero-order valence-electron chi connectivity index (χ0n) is 11.4. The summed E-state index contributed by atoms with van der Waals surface area (Å²) >= 11 is 6.27. The number of thiophene rings is 1. The molecular formula is C14H23NS3. The van der Waals surface area contributed by atoms with E-state index in [1.54, 1.807) is 4.88 Å². The fourth-order valence-electron chi connectivity index (χ4n) is 2.53. The van der Waals surface area contributed by atoms with Gasteiger partial charge in [0.25, 0.3) is 0 Å². The van der Waals surface area contributed by atoms with Crippen LogP contribution in [0.1, 0.15) is 36.8 Å². The van der Waals surface area contributed by atoms with Crippen LogP contribution < -0.4 is 5.32 Å². The molecular weight excluding hydrogens is 278 g/mol. The average molecular weight is 302 g/mol. The number of hydrogen-bond donors (Lipinski definition) is 1. The normalized spacial score (nSPS) is 26.2. The first kappa shape index (κ1) is 14.8. The average Bonchev–Trinajstić information content (AvgIpc) is 2.82. The van der Waals surface area contributed by atoms with Gasteiger partial charge in [-0.1, -0.05) is 13.8 Å². The Bertz CT molecular complexity index is 364. The number of aryl methyl sites for hydroxylation is 1. The first-order chi connectivity index (χ1) is 8.77. The molecule has 3 unspecified atom stereocenters. The summed E-state index contributed by atoms with van der Waals surface area (Å²) in [7, 11) is 0. The van der Waals surface area contributed by atoms with Gasteiger partial charge in [0.1, 0.15) is 0 Å². The lowest BCUT2D eigenvalue weighted by Gasteiger charge is -2.36. The van der Waals surface area contributed by atoms with Crippen molar-refractivity contribution in [1.82, 2.24) is 5.32 Å². The van der Waals surface area contributed by atoms with Crippen molar-refractivity contribution in [3.8, 4) is 0 Å². The molecule has 1 aromatic heterocycles. The minimum Gasteiger partial charge on any atom is -0.309 e. The molecule has 0 amide bonds. The highest BCUT2D eigenvalue weighted by Crippen LogP contribution is 2.42. The van der Waals surface area contributed by atoms with Gasteiger partial charge >= 0.3 is 0 Å². The minimum atomic E-state index is 0.540. The Kier molecular flexibility index (Phi) is 5.93. The van der Waals surface area contributed by atoms with Gasteiger partial charge < -0.3 is 5.32 Å². The van der Waals surface area contributed by atoms with Crippen LogP contribution in [0.25, 0.3) is 0 Å². The van der Waals surface area contributed by atoms with Crippen LogP contribution in [0.15, 0.2) is 11.4 Å². The minimum absolute atomic E-state index is 0.540. The van der Waals surface area contributed by atoms with Gasteiger partial charge in [0.05, 0.1) is 6.04 Å². The Morgan fingerprint density at radius 1 is 1.33 bits per heavy atom. The van der Waals surface area contributed by atoms with Crippen molar-refractivity contribution >= 4 is 34.9 Å². The molecule has 1 aromatic rings. The first-order valence-electron chi connectivity index (χ1n) is 6.78. The van der Waals surface area contributed by atoms with Crippen LogP contribution in [0.5, 0.6) is 0 Å². The van der Waals surface area contributed by atoms with Crippen LogP contribution >= 0.6 is 34.9 Å². The summed E-state index contributed by atoms with van der Waals surface area (Å²) < 4.78 is 0. The fourth-order valence-corrected chi connectivity index (χ4v) is 6.89. The Balaban J connectivity index is 2.20. The van der Waals surface area contributed by atoms with Gasteiger partial charge in [-0.25, -0.2) is 0 Å². The summed E-state index contributed by atoms with van der Waals surface area (Å²) in [5, 5.41) is 7.50. The van der Waals surface area contributed by atoms with Gasteiger partial charge in [-0.3, -0.25) is 0 Å². The molecule has 1 fully saturated rings. The molecule has 102 valence electrons. The van der Waals surface area contributed by atoms with Crippen LogP contribution in [0.3, 0.4) is 0 Å². The van der Waals surface area contributed by atoms with Crippen molar-refractivity contribution < 1.29 is 0 Å². The second kappa shape index (κ2) is 7.22. The van der Waals surface area contributed by atoms with Crippen molar-refractivity contribution in [2.45, 2.75) is 43.7 Å². The molecule has 0 bridgehead atoms. The van der Waals surface area contributed by atoms with E-state index in [1.165, 1.54) is 23.5 Å². The highest BCUT2D eigenvalue weighted by atomic mass is 32.2. The van der Waals surface area contributed by atoms with E-state index >= 15 is 0 Å². The molecule has 2 heterocycles. The van der Waals surface area contributed by atoms with Gasteiger partial charge in [0.15, 0.2) is 0 Å². The smallest absolute Gasteiger partial charge is 0.0548 e. The van der Waals surface area contributed by atoms with Crippen LogP contribution in [-0.2, 0) is 0 Å². The van der Waals surface area contributed by atoms with Gasteiger partial charge in [0, 0.05) is 26.9 Å². The van der Waals surface area contributed by atoms with Gasteiger partial charge in [-0.2, -0.15) is 23.5 Å². The lowest BCUT2D eigenvalue weighted by atomic mass is 10.0. The zero-order chi connectivity index (χ0) is 13.0. The number of thioether (sulfide) groups is 2. The summed E-state index contributed by atoms with van der Waals surface area (Å²) in [4.78, 5) is 1.55. The maximum absolute atomic E-state index is 3.74. The lowest BCUT2D eigenvalue weighted by Crippen LogP contribution is -2.38. The summed E-state index contributed by atoms with van der Waals surface area (Å²) in [5.41, 5.74) is 1.46. The predicted molar refractivity (Wildman–Crippen MR) is 88.3 cm³/mol. The summed E-state index contributed by atoms with van der Waals surface area (Å²) in [5.74, 6) is 2.63. The molecule has 0 aromatic carbocycles. The van der Waals surface area contributed by atoms with Crippen LogP contribution in [-0.4, -0.2) is 28.6 Å². The van der Waals surface area contributed by atoms with E-state index in [4.69, 9.17) is 0 Å². The van der Waals surface area contributed by atoms with Crippen LogP contribution in [0.2, 0.25) is 0 Å². The van der Waals surface area contributed by atoms with Crippen molar-refractivity contribution in [2.24, 2.45) is 0 Å². The molecule has 18 heavy (non-hydrogen) atoms. The molecule has 0 aliphatic carbocycles. The predicted octanol–water partition coefficient (Wildman–Crippen LogP) is 4.33. The molecule has 1 nitrogen and oxygen atoms in total. The molecule has 1 N–H and O–H groups in total. The third-order valence-electron chi connectivity index (χ3n) is 3.43. The second-order valence-electron chi connectivity index (χ2n) is 4.66. The van der Waals surface area contributed by atoms with E-state index in [1.807, 2.05) is 11.3 Å².